The fraction of sp³-hybridized carbons (Fsp3) is 0.333. The van der Waals surface area contributed by atoms with Crippen LogP contribution in [0.15, 0.2) is 51.8 Å². The summed E-state index contributed by atoms with van der Waals surface area (Å²) in [6.07, 6.45) is 6.77. The Bertz CT molecular complexity index is 902. The zero-order chi connectivity index (χ0) is 17.7. The van der Waals surface area contributed by atoms with E-state index in [0.717, 1.165) is 23.7 Å². The highest BCUT2D eigenvalue weighted by Crippen LogP contribution is 2.49. The number of amides is 1. The van der Waals surface area contributed by atoms with Crippen LogP contribution in [0.1, 0.15) is 31.4 Å². The van der Waals surface area contributed by atoms with Crippen molar-refractivity contribution < 1.29 is 9.21 Å². The molecule has 132 valence electrons. The van der Waals surface area contributed by atoms with Gasteiger partial charge in [-0.2, -0.15) is 0 Å². The maximum Gasteiger partial charge on any atom is 0.266 e. The average molecular weight is 382 g/mol. The Morgan fingerprint density at radius 2 is 1.96 bits per heavy atom. The summed E-state index contributed by atoms with van der Waals surface area (Å²) in [7, 11) is 0. The topological polar surface area (TPSA) is 33.5 Å². The van der Waals surface area contributed by atoms with Crippen molar-refractivity contribution in [2.75, 3.05) is 0 Å². The fourth-order valence-electron chi connectivity index (χ4n) is 4.61. The van der Waals surface area contributed by atoms with E-state index in [-0.39, 0.29) is 5.91 Å². The van der Waals surface area contributed by atoms with Crippen LogP contribution in [0.2, 0.25) is 0 Å². The lowest BCUT2D eigenvalue weighted by Gasteiger charge is -2.30. The third-order valence-electron chi connectivity index (χ3n) is 5.81. The fourth-order valence-corrected chi connectivity index (χ4v) is 5.96. The first-order chi connectivity index (χ1) is 12.7. The summed E-state index contributed by atoms with van der Waals surface area (Å²) in [6, 6.07) is 14.1. The molecule has 2 aliphatic carbocycles. The number of nitrogens with zero attached hydrogens (tertiary/aromatic N) is 1. The molecule has 3 unspecified atom stereocenters. The number of carbonyl (C=O) groups excluding carboxylic acids is 1. The summed E-state index contributed by atoms with van der Waals surface area (Å²) in [5, 5.41) is 0. The Morgan fingerprint density at radius 1 is 1.12 bits per heavy atom. The van der Waals surface area contributed by atoms with Crippen molar-refractivity contribution in [2.45, 2.75) is 31.7 Å². The standard InChI is InChI=1S/C21H19NO2S2/c23-20-19(12-16-8-9-18(24-16)14-4-2-1-3-5-14)26-21(25)22(20)17-11-13-6-7-15(17)10-13/h1-5,8-9,12-13,15,17H,6-7,10-11H2. The van der Waals surface area contributed by atoms with Gasteiger partial charge in [0.05, 0.1) is 4.91 Å². The molecular formula is C21H19NO2S2. The summed E-state index contributed by atoms with van der Waals surface area (Å²) in [5.41, 5.74) is 1.03. The first-order valence-corrected chi connectivity index (χ1v) is 10.3. The molecule has 2 saturated carbocycles. The van der Waals surface area contributed by atoms with E-state index in [9.17, 15) is 4.79 Å². The molecule has 3 fully saturated rings. The summed E-state index contributed by atoms with van der Waals surface area (Å²) < 4.78 is 6.62. The van der Waals surface area contributed by atoms with Gasteiger partial charge in [0.15, 0.2) is 0 Å². The van der Waals surface area contributed by atoms with Crippen molar-refractivity contribution in [3.63, 3.8) is 0 Å². The Labute approximate surface area is 162 Å². The van der Waals surface area contributed by atoms with Gasteiger partial charge in [0, 0.05) is 17.7 Å². The van der Waals surface area contributed by atoms with E-state index in [0.29, 0.717) is 26.9 Å². The van der Waals surface area contributed by atoms with Crippen molar-refractivity contribution >= 4 is 40.3 Å². The number of hydrogen-bond acceptors (Lipinski definition) is 4. The van der Waals surface area contributed by atoms with Crippen LogP contribution in [0.5, 0.6) is 0 Å². The molecule has 0 radical (unpaired) electrons. The lowest BCUT2D eigenvalue weighted by Crippen LogP contribution is -2.41. The number of fused-ring (bicyclic) bond motifs is 2. The van der Waals surface area contributed by atoms with Crippen LogP contribution in [0, 0.1) is 11.8 Å². The van der Waals surface area contributed by atoms with E-state index < -0.39 is 0 Å². The Balaban J connectivity index is 1.38. The molecule has 5 rings (SSSR count). The van der Waals surface area contributed by atoms with Crippen molar-refractivity contribution in [3.8, 4) is 11.3 Å². The first-order valence-electron chi connectivity index (χ1n) is 9.11. The monoisotopic (exact) mass is 381 g/mol. The minimum absolute atomic E-state index is 0.0511. The third kappa shape index (κ3) is 2.74. The molecule has 3 atom stereocenters. The molecule has 2 aromatic rings. The van der Waals surface area contributed by atoms with E-state index in [1.165, 1.54) is 31.0 Å². The highest BCUT2D eigenvalue weighted by atomic mass is 32.2. The van der Waals surface area contributed by atoms with Gasteiger partial charge in [0.1, 0.15) is 15.8 Å². The lowest BCUT2D eigenvalue weighted by molar-refractivity contribution is -0.124. The van der Waals surface area contributed by atoms with Crippen LogP contribution in [0.25, 0.3) is 17.4 Å². The number of thioether (sulfide) groups is 1. The average Bonchev–Trinajstić information content (AvgIpc) is 3.42. The second-order valence-corrected chi connectivity index (χ2v) is 9.04. The Hall–Kier alpha value is -1.85. The van der Waals surface area contributed by atoms with E-state index >= 15 is 0 Å². The molecule has 1 saturated heterocycles. The molecular weight excluding hydrogens is 362 g/mol. The van der Waals surface area contributed by atoms with Crippen LogP contribution in [0.4, 0.5) is 0 Å². The Morgan fingerprint density at radius 3 is 2.69 bits per heavy atom. The number of rotatable bonds is 3. The predicted octanol–water partition coefficient (Wildman–Crippen LogP) is 5.34. The first kappa shape index (κ1) is 16.3. The van der Waals surface area contributed by atoms with Crippen molar-refractivity contribution in [2.24, 2.45) is 11.8 Å². The van der Waals surface area contributed by atoms with Crippen LogP contribution in [-0.2, 0) is 4.79 Å². The minimum Gasteiger partial charge on any atom is -0.457 e. The highest BCUT2D eigenvalue weighted by Gasteiger charge is 2.47. The smallest absolute Gasteiger partial charge is 0.266 e. The zero-order valence-corrected chi connectivity index (χ0v) is 15.9. The van der Waals surface area contributed by atoms with Crippen molar-refractivity contribution in [1.29, 1.82) is 0 Å². The molecule has 1 aromatic heterocycles. The normalized spacial score (nSPS) is 29.3. The molecule has 1 amide bonds. The van der Waals surface area contributed by atoms with Crippen LogP contribution >= 0.6 is 24.0 Å². The van der Waals surface area contributed by atoms with Gasteiger partial charge in [0.2, 0.25) is 0 Å². The molecule has 3 nitrogen and oxygen atoms in total. The van der Waals surface area contributed by atoms with Crippen LogP contribution in [-0.4, -0.2) is 21.2 Å². The van der Waals surface area contributed by atoms with Gasteiger partial charge in [-0.05, 0) is 43.2 Å². The molecule has 0 spiro atoms. The summed E-state index contributed by atoms with van der Waals surface area (Å²) in [4.78, 5) is 15.5. The van der Waals surface area contributed by atoms with Gasteiger partial charge in [0.25, 0.3) is 5.91 Å². The van der Waals surface area contributed by atoms with Crippen LogP contribution < -0.4 is 0 Å². The van der Waals surface area contributed by atoms with E-state index in [4.69, 9.17) is 16.6 Å². The second kappa shape index (κ2) is 6.39. The number of furan rings is 1. The largest absolute Gasteiger partial charge is 0.457 e. The van der Waals surface area contributed by atoms with Crippen molar-refractivity contribution in [1.82, 2.24) is 4.90 Å². The molecule has 5 heteroatoms. The van der Waals surface area contributed by atoms with Gasteiger partial charge >= 0.3 is 0 Å². The van der Waals surface area contributed by atoms with E-state index in [2.05, 4.69) is 0 Å². The predicted molar refractivity (Wildman–Crippen MR) is 108 cm³/mol. The molecule has 1 aliphatic heterocycles. The maximum atomic E-state index is 13.0. The summed E-state index contributed by atoms with van der Waals surface area (Å²) >= 11 is 6.95. The number of carbonyl (C=O) groups is 1. The highest BCUT2D eigenvalue weighted by molar-refractivity contribution is 8.26. The summed E-state index contributed by atoms with van der Waals surface area (Å²) in [5.74, 6) is 2.97. The van der Waals surface area contributed by atoms with Crippen molar-refractivity contribution in [3.05, 3.63) is 53.1 Å². The van der Waals surface area contributed by atoms with E-state index in [1.54, 1.807) is 0 Å². The molecule has 26 heavy (non-hydrogen) atoms. The van der Waals surface area contributed by atoms with Gasteiger partial charge < -0.3 is 4.42 Å². The van der Waals surface area contributed by atoms with Gasteiger partial charge in [-0.3, -0.25) is 9.69 Å². The second-order valence-electron chi connectivity index (χ2n) is 7.36. The van der Waals surface area contributed by atoms with E-state index in [1.807, 2.05) is 53.4 Å². The molecule has 3 aliphatic rings. The number of benzene rings is 1. The van der Waals surface area contributed by atoms with Gasteiger partial charge in [-0.15, -0.1) is 0 Å². The molecule has 0 N–H and O–H groups in total. The maximum absolute atomic E-state index is 13.0. The SMILES string of the molecule is O=C1C(=Cc2ccc(-c3ccccc3)o2)SC(=S)N1C1CC2CCC1C2. The Kier molecular flexibility index (Phi) is 4.02. The van der Waals surface area contributed by atoms with Crippen LogP contribution in [0.3, 0.4) is 0 Å². The summed E-state index contributed by atoms with van der Waals surface area (Å²) in [6.45, 7) is 0. The van der Waals surface area contributed by atoms with Gasteiger partial charge in [-0.1, -0.05) is 60.7 Å². The molecule has 2 heterocycles. The third-order valence-corrected chi connectivity index (χ3v) is 7.14. The quantitative estimate of drug-likeness (QED) is 0.531. The minimum atomic E-state index is 0.0511. The van der Waals surface area contributed by atoms with Gasteiger partial charge in [-0.25, -0.2) is 0 Å². The molecule has 2 bridgehead atoms. The number of thiocarbonyl (C=S) groups is 1. The number of hydrogen-bond donors (Lipinski definition) is 0. The zero-order valence-electron chi connectivity index (χ0n) is 14.3. The molecule has 1 aromatic carbocycles. The lowest BCUT2D eigenvalue weighted by atomic mass is 9.94.